The second-order valence-electron chi connectivity index (χ2n) is 4.52. The van der Waals surface area contributed by atoms with Gasteiger partial charge in [0.25, 0.3) is 0 Å². The molecule has 1 rings (SSSR count). The van der Waals surface area contributed by atoms with Gasteiger partial charge in [0.05, 0.1) is 13.2 Å². The number of nitrogens with one attached hydrogen (secondary N) is 2. The van der Waals surface area contributed by atoms with E-state index in [-0.39, 0.29) is 18.4 Å². The van der Waals surface area contributed by atoms with Crippen molar-refractivity contribution in [2.24, 2.45) is 0 Å². The van der Waals surface area contributed by atoms with Crippen LogP contribution < -0.4 is 10.6 Å². The number of carbonyl (C=O) groups is 2. The van der Waals surface area contributed by atoms with Crippen molar-refractivity contribution in [3.05, 3.63) is 0 Å². The van der Waals surface area contributed by atoms with E-state index in [0.29, 0.717) is 39.2 Å². The number of morpholine rings is 1. The lowest BCUT2D eigenvalue weighted by Crippen LogP contribution is -2.47. The number of carboxylic acid groups (broad SMARTS) is 1. The Morgan fingerprint density at radius 3 is 2.95 bits per heavy atom. The molecule has 0 aromatic carbocycles. The first kappa shape index (κ1) is 15.9. The van der Waals surface area contributed by atoms with Crippen molar-refractivity contribution < 1.29 is 24.2 Å². The van der Waals surface area contributed by atoms with Crippen LogP contribution in [0.5, 0.6) is 0 Å². The van der Waals surface area contributed by atoms with Gasteiger partial charge < -0.3 is 25.2 Å². The monoisotopic (exact) mass is 274 g/mol. The molecule has 1 fully saturated rings. The van der Waals surface area contributed by atoms with E-state index in [9.17, 15) is 9.59 Å². The molecule has 19 heavy (non-hydrogen) atoms. The molecule has 0 bridgehead atoms. The molecule has 2 atom stereocenters. The standard InChI is InChI=1S/C12H22N2O5/c1-18-5-2-3-10(12(16)17)14-11(15)7-9-8-19-6-4-13-9/h9-10,13H,2-8H2,1H3,(H,14,15)(H,16,17). The van der Waals surface area contributed by atoms with Gasteiger partial charge in [-0.05, 0) is 12.8 Å². The summed E-state index contributed by atoms with van der Waals surface area (Å²) < 4.78 is 10.1. The summed E-state index contributed by atoms with van der Waals surface area (Å²) in [7, 11) is 1.56. The van der Waals surface area contributed by atoms with Gasteiger partial charge in [0.2, 0.25) is 5.91 Å². The number of rotatable bonds is 8. The molecule has 7 nitrogen and oxygen atoms in total. The van der Waals surface area contributed by atoms with Crippen LogP contribution >= 0.6 is 0 Å². The zero-order valence-corrected chi connectivity index (χ0v) is 11.2. The molecule has 3 N–H and O–H groups in total. The molecule has 1 saturated heterocycles. The Bertz CT molecular complexity index is 292. The Labute approximate surface area is 112 Å². The Kier molecular flexibility index (Phi) is 7.39. The quantitative estimate of drug-likeness (QED) is 0.509. The largest absolute Gasteiger partial charge is 0.480 e. The lowest BCUT2D eigenvalue weighted by molar-refractivity contribution is -0.142. The molecule has 0 spiro atoms. The van der Waals surface area contributed by atoms with E-state index in [4.69, 9.17) is 14.6 Å². The predicted molar refractivity (Wildman–Crippen MR) is 67.9 cm³/mol. The van der Waals surface area contributed by atoms with Gasteiger partial charge in [-0.25, -0.2) is 4.79 Å². The van der Waals surface area contributed by atoms with E-state index < -0.39 is 12.0 Å². The third-order valence-electron chi connectivity index (χ3n) is 2.90. The molecular formula is C12H22N2O5. The highest BCUT2D eigenvalue weighted by atomic mass is 16.5. The molecule has 7 heteroatoms. The van der Waals surface area contributed by atoms with Crippen LogP contribution in [0.1, 0.15) is 19.3 Å². The van der Waals surface area contributed by atoms with Crippen molar-refractivity contribution in [3.63, 3.8) is 0 Å². The number of methoxy groups -OCH3 is 1. The molecule has 1 heterocycles. The minimum atomic E-state index is -1.02. The Balaban J connectivity index is 2.31. The van der Waals surface area contributed by atoms with Crippen LogP contribution in [0.2, 0.25) is 0 Å². The summed E-state index contributed by atoms with van der Waals surface area (Å²) in [6.45, 7) is 2.33. The van der Waals surface area contributed by atoms with Crippen LogP contribution in [0.15, 0.2) is 0 Å². The van der Waals surface area contributed by atoms with Crippen molar-refractivity contribution in [1.82, 2.24) is 10.6 Å². The van der Waals surface area contributed by atoms with E-state index in [0.717, 1.165) is 0 Å². The average molecular weight is 274 g/mol. The third-order valence-corrected chi connectivity index (χ3v) is 2.90. The fourth-order valence-corrected chi connectivity index (χ4v) is 1.92. The summed E-state index contributed by atoms with van der Waals surface area (Å²) in [4.78, 5) is 22.8. The van der Waals surface area contributed by atoms with E-state index >= 15 is 0 Å². The number of carbonyl (C=O) groups excluding carboxylic acids is 1. The number of amides is 1. The second-order valence-corrected chi connectivity index (χ2v) is 4.52. The fourth-order valence-electron chi connectivity index (χ4n) is 1.92. The molecule has 1 aliphatic heterocycles. The van der Waals surface area contributed by atoms with Gasteiger partial charge in [-0.3, -0.25) is 4.79 Å². The minimum Gasteiger partial charge on any atom is -0.480 e. The van der Waals surface area contributed by atoms with Crippen LogP contribution in [-0.2, 0) is 19.1 Å². The van der Waals surface area contributed by atoms with Crippen LogP contribution in [0.3, 0.4) is 0 Å². The molecule has 1 amide bonds. The molecule has 110 valence electrons. The van der Waals surface area contributed by atoms with Crippen molar-refractivity contribution in [2.45, 2.75) is 31.3 Å². The normalized spacial score (nSPS) is 20.8. The van der Waals surface area contributed by atoms with Crippen LogP contribution in [0.4, 0.5) is 0 Å². The number of aliphatic carboxylic acids is 1. The summed E-state index contributed by atoms with van der Waals surface area (Å²) in [5.41, 5.74) is 0. The van der Waals surface area contributed by atoms with Crippen molar-refractivity contribution in [3.8, 4) is 0 Å². The molecule has 0 aromatic rings. The Morgan fingerprint density at radius 2 is 2.37 bits per heavy atom. The van der Waals surface area contributed by atoms with E-state index in [1.807, 2.05) is 0 Å². The van der Waals surface area contributed by atoms with Gasteiger partial charge >= 0.3 is 5.97 Å². The fraction of sp³-hybridized carbons (Fsp3) is 0.833. The first-order valence-electron chi connectivity index (χ1n) is 6.45. The van der Waals surface area contributed by atoms with E-state index in [1.54, 1.807) is 7.11 Å². The molecule has 0 aromatic heterocycles. The first-order valence-corrected chi connectivity index (χ1v) is 6.45. The zero-order chi connectivity index (χ0) is 14.1. The van der Waals surface area contributed by atoms with Crippen LogP contribution in [0.25, 0.3) is 0 Å². The van der Waals surface area contributed by atoms with Gasteiger partial charge in [-0.15, -0.1) is 0 Å². The Morgan fingerprint density at radius 1 is 1.58 bits per heavy atom. The number of ether oxygens (including phenoxy) is 2. The summed E-state index contributed by atoms with van der Waals surface area (Å²) in [5, 5.41) is 14.7. The van der Waals surface area contributed by atoms with Gasteiger partial charge in [0, 0.05) is 32.7 Å². The molecule has 1 aliphatic rings. The van der Waals surface area contributed by atoms with Crippen LogP contribution in [-0.4, -0.2) is 62.5 Å². The van der Waals surface area contributed by atoms with Crippen molar-refractivity contribution >= 4 is 11.9 Å². The van der Waals surface area contributed by atoms with E-state index in [1.165, 1.54) is 0 Å². The lowest BCUT2D eigenvalue weighted by Gasteiger charge is -2.24. The summed E-state index contributed by atoms with van der Waals surface area (Å²) in [5.74, 6) is -1.29. The first-order chi connectivity index (χ1) is 9.13. The average Bonchev–Trinajstić information content (AvgIpc) is 2.38. The highest BCUT2D eigenvalue weighted by Crippen LogP contribution is 2.02. The number of hydrogen-bond donors (Lipinski definition) is 3. The maximum atomic E-state index is 11.8. The van der Waals surface area contributed by atoms with Gasteiger partial charge in [-0.2, -0.15) is 0 Å². The number of carboxylic acids is 1. The predicted octanol–water partition coefficient (Wildman–Crippen LogP) is -0.639. The van der Waals surface area contributed by atoms with Crippen molar-refractivity contribution in [2.75, 3.05) is 33.5 Å². The highest BCUT2D eigenvalue weighted by Gasteiger charge is 2.22. The van der Waals surface area contributed by atoms with Gasteiger partial charge in [0.1, 0.15) is 6.04 Å². The minimum absolute atomic E-state index is 0.0397. The third kappa shape index (κ3) is 6.51. The summed E-state index contributed by atoms with van der Waals surface area (Å²) in [6, 6.07) is -0.894. The molecule has 2 unspecified atom stereocenters. The molecular weight excluding hydrogens is 252 g/mol. The second kappa shape index (κ2) is 8.84. The molecule has 0 radical (unpaired) electrons. The molecule has 0 saturated carbocycles. The van der Waals surface area contributed by atoms with Crippen LogP contribution in [0, 0.1) is 0 Å². The number of hydrogen-bond acceptors (Lipinski definition) is 5. The van der Waals surface area contributed by atoms with Gasteiger partial charge in [-0.1, -0.05) is 0 Å². The molecule has 0 aliphatic carbocycles. The topological polar surface area (TPSA) is 96.9 Å². The van der Waals surface area contributed by atoms with E-state index in [2.05, 4.69) is 10.6 Å². The van der Waals surface area contributed by atoms with Gasteiger partial charge in [0.15, 0.2) is 0 Å². The highest BCUT2D eigenvalue weighted by molar-refractivity contribution is 5.83. The smallest absolute Gasteiger partial charge is 0.326 e. The Hall–Kier alpha value is -1.18. The zero-order valence-electron chi connectivity index (χ0n) is 11.2. The summed E-state index contributed by atoms with van der Waals surface area (Å²) >= 11 is 0. The van der Waals surface area contributed by atoms with Crippen molar-refractivity contribution in [1.29, 1.82) is 0 Å². The SMILES string of the molecule is COCCCC(NC(=O)CC1COCCN1)C(=O)O. The maximum Gasteiger partial charge on any atom is 0.326 e. The lowest BCUT2D eigenvalue weighted by atomic mass is 10.1. The maximum absolute atomic E-state index is 11.8. The summed E-state index contributed by atoms with van der Waals surface area (Å²) in [6.07, 6.45) is 1.19.